The van der Waals surface area contributed by atoms with Crippen LogP contribution in [0.15, 0.2) is 22.4 Å². The second kappa shape index (κ2) is 11.5. The normalized spacial score (nSPS) is 39.8. The summed E-state index contributed by atoms with van der Waals surface area (Å²) in [5.41, 5.74) is 10.4. The van der Waals surface area contributed by atoms with Crippen LogP contribution in [0.3, 0.4) is 0 Å². The van der Waals surface area contributed by atoms with Crippen molar-refractivity contribution in [1.29, 1.82) is 0 Å². The van der Waals surface area contributed by atoms with Gasteiger partial charge in [-0.3, -0.25) is 32.5 Å². The second-order valence-corrected chi connectivity index (χ2v) is 16.0. The van der Waals surface area contributed by atoms with Gasteiger partial charge in [0.05, 0.1) is 25.9 Å². The lowest BCUT2D eigenvalue weighted by molar-refractivity contribution is -0.0566. The maximum atomic E-state index is 16.0. The smallest absolute Gasteiger partial charge is 0.370 e. The molecule has 0 aromatic carbocycles. The lowest BCUT2D eigenvalue weighted by Crippen LogP contribution is -2.37. The van der Waals surface area contributed by atoms with E-state index in [1.807, 2.05) is 0 Å². The van der Waals surface area contributed by atoms with Gasteiger partial charge in [-0.15, -0.1) is 0 Å². The van der Waals surface area contributed by atoms with Crippen molar-refractivity contribution in [1.82, 2.24) is 29.1 Å². The van der Waals surface area contributed by atoms with E-state index in [1.165, 1.54) is 0 Å². The van der Waals surface area contributed by atoms with Crippen LogP contribution in [0.25, 0.3) is 11.2 Å². The number of alkyl halides is 2. The molecule has 4 aliphatic heterocycles. The number of rotatable bonds is 2. The number of hydrogen-bond acceptors (Lipinski definition) is 17. The van der Waals surface area contributed by atoms with E-state index < -0.39 is 87.7 Å². The number of imidazole rings is 2. The zero-order valence-corrected chi connectivity index (χ0v) is 26.3. The number of ether oxygens (including phenoxy) is 2. The number of nitrogens with two attached hydrogens (primary N) is 2. The number of aliphatic hydroxyl groups excluding tert-OH is 1. The average molecular weight is 729 g/mol. The Labute approximate surface area is 265 Å². The van der Waals surface area contributed by atoms with Gasteiger partial charge in [0.15, 0.2) is 48.2 Å². The van der Waals surface area contributed by atoms with E-state index in [-0.39, 0.29) is 34.6 Å². The van der Waals surface area contributed by atoms with Gasteiger partial charge in [0.25, 0.3) is 5.56 Å². The molecule has 3 aromatic rings. The first-order valence-electron chi connectivity index (χ1n) is 13.2. The molecule has 11 atom stereocenters. The van der Waals surface area contributed by atoms with E-state index in [0.29, 0.717) is 0 Å². The summed E-state index contributed by atoms with van der Waals surface area (Å²) in [4.78, 5) is 41.1. The predicted octanol–water partition coefficient (Wildman–Crippen LogP) is -0.128. The summed E-state index contributed by atoms with van der Waals surface area (Å²) >= 11 is 9.10. The molecule has 4 aliphatic rings. The minimum Gasteiger partial charge on any atom is -0.370 e. The molecule has 250 valence electrons. The van der Waals surface area contributed by atoms with Gasteiger partial charge in [-0.1, -0.05) is 12.2 Å². The Morgan fingerprint density at radius 2 is 1.67 bits per heavy atom. The molecule has 26 heteroatoms. The lowest BCUT2D eigenvalue weighted by atomic mass is 10.1. The van der Waals surface area contributed by atoms with E-state index in [4.69, 9.17) is 50.8 Å². The Morgan fingerprint density at radius 1 is 1.04 bits per heavy atom. The third-order valence-corrected chi connectivity index (χ3v) is 10.6. The molecule has 3 unspecified atom stereocenters. The molecule has 0 amide bonds. The van der Waals surface area contributed by atoms with Gasteiger partial charge >= 0.3 is 13.5 Å². The van der Waals surface area contributed by atoms with Gasteiger partial charge in [-0.05, 0) is 11.8 Å². The van der Waals surface area contributed by atoms with Crippen molar-refractivity contribution in [3.63, 3.8) is 0 Å². The molecule has 0 aliphatic carbocycles. The highest BCUT2D eigenvalue weighted by Gasteiger charge is 2.54. The van der Waals surface area contributed by atoms with Gasteiger partial charge in [0.2, 0.25) is 5.95 Å². The summed E-state index contributed by atoms with van der Waals surface area (Å²) in [7, 11) is 0. The van der Waals surface area contributed by atoms with Crippen molar-refractivity contribution >= 4 is 66.5 Å². The maximum absolute atomic E-state index is 16.0. The maximum Gasteiger partial charge on any atom is 0.386 e. The molecular weight excluding hydrogens is 704 g/mol. The van der Waals surface area contributed by atoms with Crippen molar-refractivity contribution in [2.75, 3.05) is 24.3 Å². The molecule has 46 heavy (non-hydrogen) atoms. The Kier molecular flexibility index (Phi) is 8.01. The number of nitrogen functional groups attached to an aromatic ring is 1. The Morgan fingerprint density at radius 3 is 2.39 bits per heavy atom. The van der Waals surface area contributed by atoms with Crippen LogP contribution in [0.2, 0.25) is 0 Å². The fourth-order valence-electron chi connectivity index (χ4n) is 5.42. The molecule has 0 spiro atoms. The summed E-state index contributed by atoms with van der Waals surface area (Å²) < 4.78 is 81.0. The molecular formula is C20H24F2N10O10P2S2. The van der Waals surface area contributed by atoms with Crippen LogP contribution in [0, 0.1) is 0 Å². The molecule has 3 aromatic heterocycles. The van der Waals surface area contributed by atoms with Crippen LogP contribution in [0.4, 0.5) is 20.5 Å². The number of aliphatic hydroxyl groups is 1. The Bertz CT molecular complexity index is 1880. The van der Waals surface area contributed by atoms with Crippen molar-refractivity contribution in [2.24, 2.45) is 10.7 Å². The molecule has 7 heterocycles. The Balaban J connectivity index is 1.16. The zero-order valence-electron chi connectivity index (χ0n) is 22.8. The number of anilines is 2. The Hall–Kier alpha value is -2.60. The van der Waals surface area contributed by atoms with Crippen LogP contribution in [-0.4, -0.2) is 95.0 Å². The van der Waals surface area contributed by atoms with Gasteiger partial charge < -0.3 is 40.8 Å². The van der Waals surface area contributed by atoms with Gasteiger partial charge in [-0.2, -0.15) is 4.98 Å². The highest BCUT2D eigenvalue weighted by Crippen LogP contribution is 2.58. The minimum absolute atomic E-state index is 0.0240. The number of H-pyrrole nitrogens is 1. The summed E-state index contributed by atoms with van der Waals surface area (Å²) in [6.45, 7) is -10.2. The SMILES string of the molecule is NC1=NC(O)c2ncn([C@@H]3O[C@@H]4COP(O)(=S)O[C@H]5[C@@H](F)[C@H](n6cnc7c(=O)[nH]c(N)nc76)O[C@@H]5COP(=O)(S)O[C@H]4[C@H]3F)c2N1. The van der Waals surface area contributed by atoms with Crippen LogP contribution in [0.5, 0.6) is 0 Å². The molecule has 0 bridgehead atoms. The van der Waals surface area contributed by atoms with Crippen LogP contribution in [0.1, 0.15) is 24.4 Å². The number of hydrogen-bond donors (Lipinski definition) is 7. The molecule has 0 radical (unpaired) electrons. The largest absolute Gasteiger partial charge is 0.386 e. The molecule has 0 saturated carbocycles. The van der Waals surface area contributed by atoms with E-state index in [9.17, 15) is 19.4 Å². The number of nitrogens with zero attached hydrogens (tertiary/aromatic N) is 6. The lowest BCUT2D eigenvalue weighted by Gasteiger charge is -2.29. The van der Waals surface area contributed by atoms with E-state index in [2.05, 4.69) is 42.5 Å². The first kappa shape index (κ1) is 32.0. The number of aromatic amines is 1. The van der Waals surface area contributed by atoms with Gasteiger partial charge in [0.1, 0.15) is 35.9 Å². The molecule has 3 saturated heterocycles. The number of nitrogens with one attached hydrogen (secondary N) is 2. The number of thiol groups is 1. The third-order valence-electron chi connectivity index (χ3n) is 7.42. The van der Waals surface area contributed by atoms with Crippen molar-refractivity contribution in [3.05, 3.63) is 28.7 Å². The second-order valence-electron chi connectivity index (χ2n) is 10.4. The monoisotopic (exact) mass is 728 g/mol. The molecule has 20 nitrogen and oxygen atoms in total. The van der Waals surface area contributed by atoms with Crippen LogP contribution < -0.4 is 22.3 Å². The number of halogens is 2. The number of aromatic nitrogens is 6. The third kappa shape index (κ3) is 5.65. The fraction of sp³-hybridized carbons (Fsp3) is 0.550. The van der Waals surface area contributed by atoms with Crippen LogP contribution >= 0.6 is 25.8 Å². The quantitative estimate of drug-likeness (QED) is 0.134. The fourth-order valence-corrected chi connectivity index (χ4v) is 8.34. The topological polar surface area (TPSA) is 271 Å². The highest BCUT2D eigenvalue weighted by molar-refractivity contribution is 8.44. The predicted molar refractivity (Wildman–Crippen MR) is 157 cm³/mol. The number of aliphatic imine (C=N–C) groups is 1. The summed E-state index contributed by atoms with van der Waals surface area (Å²) in [5.74, 6) is -0.385. The summed E-state index contributed by atoms with van der Waals surface area (Å²) in [6.07, 6.45) is -12.7. The standard InChI is InChI=1S/C20H24F2N10O10P2S2/c21-7-11-5(39-17(7)31-3-25-9-13(31)27-19(23)29-15(9)33)1-37-43(35,45)42-12-6(2-38-44(36,46)41-11)40-18(8(12)22)32-4-26-10-14(32)28-20(24)30-16(10)34/h3-8,11-12,15,17-18,33H,1-2H2,(H,35,45)(H,36,46)(H3,23,27,29)(H3,24,28,30,34)/t5-,6-,7-,8-,11-,12-,15?,17-,18-,43?,44?/m1/s1. The van der Waals surface area contributed by atoms with Crippen molar-refractivity contribution < 1.29 is 50.9 Å². The van der Waals surface area contributed by atoms with E-state index >= 15 is 8.78 Å². The zero-order chi connectivity index (χ0) is 32.7. The van der Waals surface area contributed by atoms with E-state index in [1.54, 1.807) is 0 Å². The molecule has 3 fully saturated rings. The van der Waals surface area contributed by atoms with Gasteiger partial charge in [-0.25, -0.2) is 28.3 Å². The highest BCUT2D eigenvalue weighted by atomic mass is 32.7. The first-order chi connectivity index (χ1) is 21.7. The van der Waals surface area contributed by atoms with Gasteiger partial charge in [0, 0.05) is 0 Å². The average Bonchev–Trinajstić information content (AvgIpc) is 3.72. The number of guanidine groups is 1. The van der Waals surface area contributed by atoms with Crippen LogP contribution in [-0.2, 0) is 43.9 Å². The summed E-state index contributed by atoms with van der Waals surface area (Å²) in [6, 6.07) is 0. The summed E-state index contributed by atoms with van der Waals surface area (Å²) in [5, 5.41) is 12.8. The molecule has 8 N–H and O–H groups in total. The number of fused-ring (bicyclic) bond motifs is 4. The van der Waals surface area contributed by atoms with E-state index in [0.717, 1.165) is 21.8 Å². The minimum atomic E-state index is -4.46. The first-order valence-corrected chi connectivity index (χ1v) is 18.5. The van der Waals surface area contributed by atoms with Crippen molar-refractivity contribution in [2.45, 2.75) is 55.4 Å². The van der Waals surface area contributed by atoms with Crippen molar-refractivity contribution in [3.8, 4) is 0 Å². The molecule has 7 rings (SSSR count).